The smallest absolute Gasteiger partial charge is 0.343 e. The number of methoxy groups -OCH3 is 1. The molecule has 1 aromatic heterocycles. The molecule has 0 saturated carbocycles. The van der Waals surface area contributed by atoms with Crippen LogP contribution in [0.5, 0.6) is 5.75 Å². The largest absolute Gasteiger partial charge is 0.465 e. The first-order chi connectivity index (χ1) is 12.8. The predicted octanol–water partition coefficient (Wildman–Crippen LogP) is 4.42. The third kappa shape index (κ3) is 3.54. The number of nitrogens with zero attached hydrogens (tertiary/aromatic N) is 1. The molecule has 9 heteroatoms. The number of ether oxygens (including phenoxy) is 2. The van der Waals surface area contributed by atoms with Crippen molar-refractivity contribution < 1.29 is 28.4 Å². The van der Waals surface area contributed by atoms with Gasteiger partial charge < -0.3 is 13.9 Å². The second kappa shape index (κ2) is 7.20. The Bertz CT molecular complexity index is 1090. The maximum absolute atomic E-state index is 12.4. The van der Waals surface area contributed by atoms with Gasteiger partial charge in [0.05, 0.1) is 22.1 Å². The number of carbonyl (C=O) groups excluding carboxylic acids is 2. The van der Waals surface area contributed by atoms with Crippen LogP contribution in [0.15, 0.2) is 45.3 Å². The molecular weight excluding hydrogens is 422 g/mol. The minimum atomic E-state index is -0.779. The number of rotatable bonds is 4. The molecule has 0 aliphatic heterocycles. The lowest BCUT2D eigenvalue weighted by Gasteiger charge is -2.07. The van der Waals surface area contributed by atoms with E-state index in [9.17, 15) is 19.7 Å². The first-order valence-electron chi connectivity index (χ1n) is 7.59. The number of hydrogen-bond acceptors (Lipinski definition) is 7. The number of esters is 2. The van der Waals surface area contributed by atoms with Gasteiger partial charge in [-0.05, 0) is 41.1 Å². The van der Waals surface area contributed by atoms with E-state index in [0.29, 0.717) is 21.2 Å². The fraction of sp³-hybridized carbons (Fsp3) is 0.111. The van der Waals surface area contributed by atoms with E-state index in [2.05, 4.69) is 15.9 Å². The maximum Gasteiger partial charge on any atom is 0.343 e. The maximum atomic E-state index is 12.4. The number of fused-ring (bicyclic) bond motifs is 1. The summed E-state index contributed by atoms with van der Waals surface area (Å²) < 4.78 is 16.1. The molecule has 0 saturated heterocycles. The molecule has 0 N–H and O–H groups in total. The highest BCUT2D eigenvalue weighted by molar-refractivity contribution is 9.10. The van der Waals surface area contributed by atoms with Crippen LogP contribution in [0.1, 0.15) is 26.5 Å². The molecule has 0 bridgehead atoms. The highest BCUT2D eigenvalue weighted by atomic mass is 79.9. The van der Waals surface area contributed by atoms with Crippen LogP contribution < -0.4 is 4.74 Å². The van der Waals surface area contributed by atoms with E-state index in [0.717, 1.165) is 6.07 Å². The molecule has 0 aliphatic carbocycles. The predicted molar refractivity (Wildman–Crippen MR) is 98.0 cm³/mol. The number of halogens is 1. The molecule has 1 heterocycles. The Morgan fingerprint density at radius 2 is 1.93 bits per heavy atom. The zero-order valence-electron chi connectivity index (χ0n) is 14.1. The summed E-state index contributed by atoms with van der Waals surface area (Å²) in [5.74, 6) is -0.862. The number of furan rings is 1. The molecule has 0 radical (unpaired) electrons. The Morgan fingerprint density at radius 3 is 2.59 bits per heavy atom. The van der Waals surface area contributed by atoms with Gasteiger partial charge in [-0.25, -0.2) is 9.59 Å². The highest BCUT2D eigenvalue weighted by Crippen LogP contribution is 2.35. The Morgan fingerprint density at radius 1 is 1.19 bits per heavy atom. The van der Waals surface area contributed by atoms with Gasteiger partial charge in [-0.3, -0.25) is 10.1 Å². The van der Waals surface area contributed by atoms with Crippen molar-refractivity contribution in [2.45, 2.75) is 6.92 Å². The van der Waals surface area contributed by atoms with Gasteiger partial charge in [0.25, 0.3) is 5.69 Å². The second-order valence-electron chi connectivity index (χ2n) is 5.50. The van der Waals surface area contributed by atoms with E-state index in [1.807, 2.05) is 0 Å². The van der Waals surface area contributed by atoms with Crippen molar-refractivity contribution in [3.63, 3.8) is 0 Å². The van der Waals surface area contributed by atoms with Gasteiger partial charge in [0, 0.05) is 17.5 Å². The Hall–Kier alpha value is -3.20. The molecule has 0 unspecified atom stereocenters. The van der Waals surface area contributed by atoms with Crippen molar-refractivity contribution in [3.05, 3.63) is 67.9 Å². The van der Waals surface area contributed by atoms with Crippen LogP contribution in [0, 0.1) is 17.0 Å². The summed E-state index contributed by atoms with van der Waals surface area (Å²) in [4.78, 5) is 34.6. The number of non-ortho nitro benzene ring substituents is 1. The Labute approximate surface area is 160 Å². The average molecular weight is 434 g/mol. The third-order valence-electron chi connectivity index (χ3n) is 3.80. The van der Waals surface area contributed by atoms with Gasteiger partial charge in [0.15, 0.2) is 0 Å². The summed E-state index contributed by atoms with van der Waals surface area (Å²) in [7, 11) is 1.25. The van der Waals surface area contributed by atoms with Crippen molar-refractivity contribution in [3.8, 4) is 5.75 Å². The molecule has 138 valence electrons. The van der Waals surface area contributed by atoms with Gasteiger partial charge >= 0.3 is 11.9 Å². The van der Waals surface area contributed by atoms with E-state index in [4.69, 9.17) is 13.9 Å². The first kappa shape index (κ1) is 18.6. The molecule has 3 rings (SSSR count). The van der Waals surface area contributed by atoms with Gasteiger partial charge in [-0.15, -0.1) is 0 Å². The topological polar surface area (TPSA) is 109 Å². The quantitative estimate of drug-likeness (QED) is 0.259. The lowest BCUT2D eigenvalue weighted by Crippen LogP contribution is -2.09. The number of benzene rings is 2. The molecule has 0 fully saturated rings. The van der Waals surface area contributed by atoms with Crippen LogP contribution in [-0.4, -0.2) is 24.0 Å². The molecule has 3 aromatic rings. The van der Waals surface area contributed by atoms with E-state index < -0.39 is 16.9 Å². The van der Waals surface area contributed by atoms with E-state index in [1.165, 1.54) is 31.4 Å². The fourth-order valence-corrected chi connectivity index (χ4v) is 2.96. The Balaban J connectivity index is 2.00. The SMILES string of the molecule is COC(=O)c1c(C)oc2cc(Br)c(OC(=O)c3cccc([N+](=O)[O-])c3)cc12. The zero-order valence-corrected chi connectivity index (χ0v) is 15.7. The first-order valence-corrected chi connectivity index (χ1v) is 8.38. The van der Waals surface area contributed by atoms with E-state index in [-0.39, 0.29) is 22.6 Å². The number of carbonyl (C=O) groups is 2. The van der Waals surface area contributed by atoms with E-state index in [1.54, 1.807) is 13.0 Å². The van der Waals surface area contributed by atoms with Crippen molar-refractivity contribution in [1.29, 1.82) is 0 Å². The van der Waals surface area contributed by atoms with Gasteiger partial charge in [0.1, 0.15) is 22.7 Å². The summed E-state index contributed by atoms with van der Waals surface area (Å²) in [5.41, 5.74) is 0.438. The van der Waals surface area contributed by atoms with Crippen molar-refractivity contribution in [1.82, 2.24) is 0 Å². The lowest BCUT2D eigenvalue weighted by molar-refractivity contribution is -0.384. The summed E-state index contributed by atoms with van der Waals surface area (Å²) in [6.45, 7) is 1.62. The van der Waals surface area contributed by atoms with Crippen molar-refractivity contribution >= 4 is 44.5 Å². The molecule has 0 atom stereocenters. The molecule has 2 aromatic carbocycles. The van der Waals surface area contributed by atoms with Gasteiger partial charge in [-0.2, -0.15) is 0 Å². The van der Waals surface area contributed by atoms with Crippen molar-refractivity contribution in [2.75, 3.05) is 7.11 Å². The summed E-state index contributed by atoms with van der Waals surface area (Å²) >= 11 is 3.28. The molecule has 27 heavy (non-hydrogen) atoms. The molecule has 0 aliphatic rings. The third-order valence-corrected chi connectivity index (χ3v) is 4.42. The number of nitro groups is 1. The standard InChI is InChI=1S/C18H12BrNO7/c1-9-16(18(22)25-2)12-7-15(13(19)8-14(12)26-9)27-17(21)10-4-3-5-11(6-10)20(23)24/h3-8H,1-2H3. The molecule has 0 amide bonds. The lowest BCUT2D eigenvalue weighted by atomic mass is 10.1. The summed E-state index contributed by atoms with van der Waals surface area (Å²) in [5, 5.41) is 11.3. The highest BCUT2D eigenvalue weighted by Gasteiger charge is 2.22. The molecular formula is C18H12BrNO7. The minimum Gasteiger partial charge on any atom is -0.465 e. The second-order valence-corrected chi connectivity index (χ2v) is 6.35. The summed E-state index contributed by atoms with van der Waals surface area (Å²) in [6.07, 6.45) is 0. The molecule has 8 nitrogen and oxygen atoms in total. The zero-order chi connectivity index (χ0) is 19.7. The van der Waals surface area contributed by atoms with Crippen molar-refractivity contribution in [2.24, 2.45) is 0 Å². The van der Waals surface area contributed by atoms with Crippen LogP contribution in [0.2, 0.25) is 0 Å². The monoisotopic (exact) mass is 433 g/mol. The number of nitro benzene ring substituents is 1. The fourth-order valence-electron chi connectivity index (χ4n) is 2.56. The number of hydrogen-bond donors (Lipinski definition) is 0. The van der Waals surface area contributed by atoms with Crippen LogP contribution in [0.4, 0.5) is 5.69 Å². The van der Waals surface area contributed by atoms with Crippen LogP contribution >= 0.6 is 15.9 Å². The average Bonchev–Trinajstić information content (AvgIpc) is 2.96. The minimum absolute atomic E-state index is 0.0211. The van der Waals surface area contributed by atoms with Gasteiger partial charge in [0.2, 0.25) is 0 Å². The van der Waals surface area contributed by atoms with Crippen LogP contribution in [0.3, 0.4) is 0 Å². The van der Waals surface area contributed by atoms with Gasteiger partial charge in [-0.1, -0.05) is 6.07 Å². The van der Waals surface area contributed by atoms with E-state index >= 15 is 0 Å². The van der Waals surface area contributed by atoms with Crippen LogP contribution in [0.25, 0.3) is 11.0 Å². The normalized spacial score (nSPS) is 10.6. The summed E-state index contributed by atoms with van der Waals surface area (Å²) in [6, 6.07) is 8.22. The van der Waals surface area contributed by atoms with Crippen LogP contribution in [-0.2, 0) is 4.74 Å². The number of aryl methyl sites for hydroxylation is 1. The Kier molecular flexibility index (Phi) is 4.95. The molecule has 0 spiro atoms.